The quantitative estimate of drug-likeness (QED) is 0.682. The molecule has 1 aromatic carbocycles. The summed E-state index contributed by atoms with van der Waals surface area (Å²) in [7, 11) is -3.48. The van der Waals surface area contributed by atoms with Crippen molar-refractivity contribution >= 4 is 27.9 Å². The summed E-state index contributed by atoms with van der Waals surface area (Å²) in [5.74, 6) is 0.626. The fourth-order valence-corrected chi connectivity index (χ4v) is 5.48. The van der Waals surface area contributed by atoms with Gasteiger partial charge in [0.05, 0.1) is 0 Å². The van der Waals surface area contributed by atoms with Gasteiger partial charge in [-0.15, -0.1) is 0 Å². The molecule has 0 bridgehead atoms. The summed E-state index contributed by atoms with van der Waals surface area (Å²) in [6.45, 7) is 6.89. The number of carbonyl (C=O) groups is 1. The Hall–Kier alpha value is -1.35. The van der Waals surface area contributed by atoms with Gasteiger partial charge in [-0.3, -0.25) is 0 Å². The van der Waals surface area contributed by atoms with Crippen LogP contribution in [0.1, 0.15) is 57.9 Å². The van der Waals surface area contributed by atoms with Crippen LogP contribution in [0.15, 0.2) is 24.3 Å². The van der Waals surface area contributed by atoms with Crippen molar-refractivity contribution in [2.45, 2.75) is 64.0 Å². The maximum Gasteiger partial charge on any atom is 0.407 e. The number of alkyl carbamates (subject to hydrolysis) is 1. The molecule has 0 unspecified atom stereocenters. The number of halogens is 1. The Kier molecular flexibility index (Phi) is 7.32. The number of nitrogens with one attached hydrogen (secondary N) is 2. The minimum Gasteiger partial charge on any atom is -0.444 e. The second-order valence-corrected chi connectivity index (χ2v) is 11.4. The summed E-state index contributed by atoms with van der Waals surface area (Å²) in [5.41, 5.74) is 0.675. The molecule has 0 spiro atoms. The normalized spacial score (nSPS) is 23.6. The Morgan fingerprint density at radius 2 is 1.77 bits per heavy atom. The maximum atomic E-state index is 12.7. The topological polar surface area (TPSA) is 87.7 Å². The number of benzene rings is 1. The van der Waals surface area contributed by atoms with Crippen LogP contribution < -0.4 is 10.0 Å². The van der Waals surface area contributed by atoms with E-state index in [-0.39, 0.29) is 12.0 Å². The number of rotatable bonds is 6. The van der Waals surface area contributed by atoms with E-state index in [0.29, 0.717) is 30.6 Å². The van der Waals surface area contributed by atoms with Gasteiger partial charge in [0.2, 0.25) is 0 Å². The number of ether oxygens (including phenoxy) is 1. The number of hydrogen-bond donors (Lipinski definition) is 2. The summed E-state index contributed by atoms with van der Waals surface area (Å²) >= 11 is 5.93. The van der Waals surface area contributed by atoms with E-state index in [0.717, 1.165) is 25.7 Å². The second kappa shape index (κ2) is 9.42. The SMILES string of the molecule is CC(C)(C)OC(=O)NCC1CCN(S(=O)(=O)NC2CC(c3ccc(Cl)cc3)C2)CC1. The lowest BCUT2D eigenvalue weighted by Gasteiger charge is -2.38. The molecule has 1 saturated carbocycles. The summed E-state index contributed by atoms with van der Waals surface area (Å²) < 4.78 is 35.0. The third-order valence-corrected chi connectivity index (χ3v) is 7.57. The molecule has 0 radical (unpaired) electrons. The first-order valence-corrected chi connectivity index (χ1v) is 12.3. The lowest BCUT2D eigenvalue weighted by molar-refractivity contribution is 0.0513. The molecule has 1 aromatic rings. The van der Waals surface area contributed by atoms with Crippen molar-refractivity contribution in [1.82, 2.24) is 14.3 Å². The molecular weight excluding hydrogens is 426 g/mol. The van der Waals surface area contributed by atoms with Crippen molar-refractivity contribution < 1.29 is 17.9 Å². The predicted molar refractivity (Wildman–Crippen MR) is 118 cm³/mol. The smallest absolute Gasteiger partial charge is 0.407 e. The van der Waals surface area contributed by atoms with Crippen LogP contribution in [0.3, 0.4) is 0 Å². The molecule has 3 rings (SSSR count). The monoisotopic (exact) mass is 457 g/mol. The van der Waals surface area contributed by atoms with Crippen LogP contribution in [0.5, 0.6) is 0 Å². The zero-order valence-corrected chi connectivity index (χ0v) is 19.4. The van der Waals surface area contributed by atoms with Crippen LogP contribution in [-0.4, -0.2) is 50.1 Å². The average molecular weight is 458 g/mol. The third-order valence-electron chi connectivity index (χ3n) is 5.64. The molecule has 2 fully saturated rings. The molecule has 1 aliphatic heterocycles. The summed E-state index contributed by atoms with van der Waals surface area (Å²) in [5, 5.41) is 3.49. The molecule has 1 amide bonds. The van der Waals surface area contributed by atoms with Gasteiger partial charge in [0.25, 0.3) is 10.2 Å². The first kappa shape index (κ1) is 23.3. The number of amides is 1. The highest BCUT2D eigenvalue weighted by Gasteiger charge is 2.36. The Morgan fingerprint density at radius 1 is 1.17 bits per heavy atom. The van der Waals surface area contributed by atoms with Gasteiger partial charge in [-0.1, -0.05) is 23.7 Å². The van der Waals surface area contributed by atoms with Crippen molar-refractivity contribution in [1.29, 1.82) is 0 Å². The maximum absolute atomic E-state index is 12.7. The van der Waals surface area contributed by atoms with E-state index in [4.69, 9.17) is 16.3 Å². The third kappa shape index (κ3) is 6.57. The van der Waals surface area contributed by atoms with Gasteiger partial charge in [0, 0.05) is 30.7 Å². The molecule has 1 heterocycles. The highest BCUT2D eigenvalue weighted by Crippen LogP contribution is 2.37. The first-order chi connectivity index (χ1) is 14.0. The Balaban J connectivity index is 1.39. The number of piperidine rings is 1. The average Bonchev–Trinajstić information content (AvgIpc) is 2.63. The first-order valence-electron chi connectivity index (χ1n) is 10.5. The molecule has 168 valence electrons. The molecular formula is C21H32ClN3O4S. The number of carbonyl (C=O) groups excluding carboxylic acids is 1. The van der Waals surface area contributed by atoms with Gasteiger partial charge in [-0.2, -0.15) is 17.4 Å². The second-order valence-electron chi connectivity index (χ2n) is 9.26. The van der Waals surface area contributed by atoms with Crippen molar-refractivity contribution in [3.8, 4) is 0 Å². The van der Waals surface area contributed by atoms with Crippen LogP contribution in [0.4, 0.5) is 4.79 Å². The van der Waals surface area contributed by atoms with Crippen LogP contribution in [0.2, 0.25) is 5.02 Å². The Labute approximate surface area is 184 Å². The van der Waals surface area contributed by atoms with Gasteiger partial charge in [-0.25, -0.2) is 4.79 Å². The van der Waals surface area contributed by atoms with Crippen LogP contribution in [0, 0.1) is 5.92 Å². The van der Waals surface area contributed by atoms with E-state index in [1.54, 1.807) is 0 Å². The van der Waals surface area contributed by atoms with Crippen molar-refractivity contribution in [2.75, 3.05) is 19.6 Å². The largest absolute Gasteiger partial charge is 0.444 e. The highest BCUT2D eigenvalue weighted by molar-refractivity contribution is 7.87. The Morgan fingerprint density at radius 3 is 2.33 bits per heavy atom. The van der Waals surface area contributed by atoms with Crippen molar-refractivity contribution in [3.63, 3.8) is 0 Å². The summed E-state index contributed by atoms with van der Waals surface area (Å²) in [6.07, 6.45) is 2.61. The van der Waals surface area contributed by atoms with E-state index < -0.39 is 21.9 Å². The van der Waals surface area contributed by atoms with Crippen molar-refractivity contribution in [3.05, 3.63) is 34.9 Å². The molecule has 0 aromatic heterocycles. The Bertz CT molecular complexity index is 825. The standard InChI is InChI=1S/C21H32ClN3O4S/c1-21(2,3)29-20(26)23-14-15-8-10-25(11-9-15)30(27,28)24-19-12-17(13-19)16-4-6-18(22)7-5-16/h4-7,15,17,19,24H,8-14H2,1-3H3,(H,23,26). The molecule has 9 heteroatoms. The lowest BCUT2D eigenvalue weighted by Crippen LogP contribution is -2.52. The zero-order chi connectivity index (χ0) is 21.9. The zero-order valence-electron chi connectivity index (χ0n) is 17.9. The van der Waals surface area contributed by atoms with Gasteiger partial charge in [-0.05, 0) is 76.0 Å². The molecule has 2 aliphatic rings. The van der Waals surface area contributed by atoms with E-state index in [1.807, 2.05) is 45.0 Å². The number of nitrogens with zero attached hydrogens (tertiary/aromatic N) is 1. The van der Waals surface area contributed by atoms with E-state index in [1.165, 1.54) is 9.87 Å². The van der Waals surface area contributed by atoms with Crippen LogP contribution >= 0.6 is 11.6 Å². The summed E-state index contributed by atoms with van der Waals surface area (Å²) in [4.78, 5) is 11.8. The highest BCUT2D eigenvalue weighted by atomic mass is 35.5. The molecule has 30 heavy (non-hydrogen) atoms. The van der Waals surface area contributed by atoms with Gasteiger partial charge in [0.15, 0.2) is 0 Å². The predicted octanol–water partition coefficient (Wildman–Crippen LogP) is 3.66. The molecule has 1 aliphatic carbocycles. The molecule has 7 nitrogen and oxygen atoms in total. The fraction of sp³-hybridized carbons (Fsp3) is 0.667. The lowest BCUT2D eigenvalue weighted by atomic mass is 9.76. The van der Waals surface area contributed by atoms with E-state index in [9.17, 15) is 13.2 Å². The van der Waals surface area contributed by atoms with Crippen molar-refractivity contribution in [2.24, 2.45) is 5.92 Å². The molecule has 1 saturated heterocycles. The fourth-order valence-electron chi connectivity index (χ4n) is 3.90. The summed E-state index contributed by atoms with van der Waals surface area (Å²) in [6, 6.07) is 7.73. The minimum atomic E-state index is -3.48. The van der Waals surface area contributed by atoms with E-state index in [2.05, 4.69) is 10.0 Å². The van der Waals surface area contributed by atoms with Gasteiger partial charge >= 0.3 is 6.09 Å². The molecule has 2 N–H and O–H groups in total. The van der Waals surface area contributed by atoms with E-state index >= 15 is 0 Å². The van der Waals surface area contributed by atoms with Crippen LogP contribution in [-0.2, 0) is 14.9 Å². The molecule has 0 atom stereocenters. The minimum absolute atomic E-state index is 0.0257. The van der Waals surface area contributed by atoms with Gasteiger partial charge < -0.3 is 10.1 Å². The number of hydrogen-bond acceptors (Lipinski definition) is 4. The van der Waals surface area contributed by atoms with Gasteiger partial charge in [0.1, 0.15) is 5.60 Å². The van der Waals surface area contributed by atoms with Crippen LogP contribution in [0.25, 0.3) is 0 Å².